The van der Waals surface area contributed by atoms with Crippen LogP contribution in [0.1, 0.15) is 13.3 Å². The second-order valence-corrected chi connectivity index (χ2v) is 3.26. The summed E-state index contributed by atoms with van der Waals surface area (Å²) in [5.41, 5.74) is 0.288. The van der Waals surface area contributed by atoms with Gasteiger partial charge in [-0.15, -0.1) is 0 Å². The Morgan fingerprint density at radius 1 is 1.40 bits per heavy atom. The molecule has 0 heterocycles. The van der Waals surface area contributed by atoms with E-state index < -0.39 is 12.4 Å². The number of carbonyl (C=O) groups excluding carboxylic acids is 1. The summed E-state index contributed by atoms with van der Waals surface area (Å²) in [5, 5.41) is 8.80. The van der Waals surface area contributed by atoms with Gasteiger partial charge < -0.3 is 19.3 Å². The van der Waals surface area contributed by atoms with Gasteiger partial charge >= 0.3 is 12.4 Å². The molecule has 0 saturated heterocycles. The number of methoxy groups -OCH3 is 2. The molecule has 0 aliphatic carbocycles. The molecule has 0 amide bonds. The average molecular weight is 218 g/mol. The molecule has 15 heavy (non-hydrogen) atoms. The van der Waals surface area contributed by atoms with E-state index in [-0.39, 0.29) is 18.1 Å². The molecule has 1 N–H and O–H groups in total. The maximum atomic E-state index is 11.4. The van der Waals surface area contributed by atoms with Crippen LogP contribution in [0.15, 0.2) is 12.2 Å². The molecule has 0 aliphatic heterocycles. The Hall–Kier alpha value is -0.910. The van der Waals surface area contributed by atoms with E-state index in [0.717, 1.165) is 0 Å². The number of ether oxygens (including phenoxy) is 3. The predicted molar refractivity (Wildman–Crippen MR) is 53.9 cm³/mol. The number of aliphatic hydroxyl groups excluding tert-OH is 1. The van der Waals surface area contributed by atoms with Crippen molar-refractivity contribution in [2.75, 3.05) is 20.8 Å². The van der Waals surface area contributed by atoms with Crippen molar-refractivity contribution in [3.8, 4) is 0 Å². The molecule has 0 fully saturated rings. The second kappa shape index (κ2) is 7.39. The molecule has 5 heteroatoms. The monoisotopic (exact) mass is 218 g/mol. The third-order valence-corrected chi connectivity index (χ3v) is 1.78. The zero-order chi connectivity index (χ0) is 11.8. The van der Waals surface area contributed by atoms with E-state index in [9.17, 15) is 4.79 Å². The predicted octanol–water partition coefficient (Wildman–Crippen LogP) is 0.681. The van der Waals surface area contributed by atoms with Crippen molar-refractivity contribution in [3.05, 3.63) is 12.2 Å². The quantitative estimate of drug-likeness (QED) is 0.387. The van der Waals surface area contributed by atoms with E-state index in [4.69, 9.17) is 19.3 Å². The van der Waals surface area contributed by atoms with Gasteiger partial charge in [-0.25, -0.2) is 4.79 Å². The topological polar surface area (TPSA) is 65.0 Å². The second-order valence-electron chi connectivity index (χ2n) is 3.26. The number of rotatable bonds is 7. The lowest BCUT2D eigenvalue weighted by molar-refractivity contribution is -0.252. The molecular weight excluding hydrogens is 200 g/mol. The minimum atomic E-state index is -1.02. The lowest BCUT2D eigenvalue weighted by Crippen LogP contribution is -2.23. The number of hydrogen-bond acceptors (Lipinski definition) is 5. The van der Waals surface area contributed by atoms with E-state index in [2.05, 4.69) is 6.58 Å². The SMILES string of the molecule is C=C(CC(C)CO)C(=O)OC(OC)OC. The summed E-state index contributed by atoms with van der Waals surface area (Å²) in [6.07, 6.45) is 0.384. The van der Waals surface area contributed by atoms with Crippen LogP contribution in [0.25, 0.3) is 0 Å². The standard InChI is InChI=1S/C10H18O5/c1-7(6-11)5-8(2)9(12)15-10(13-3)14-4/h7,10-11H,2,5-6H2,1,3-4H3. The van der Waals surface area contributed by atoms with Crippen molar-refractivity contribution >= 4 is 5.97 Å². The molecule has 1 unspecified atom stereocenters. The van der Waals surface area contributed by atoms with Crippen LogP contribution in [0.5, 0.6) is 0 Å². The smallest absolute Gasteiger partial charge is 0.337 e. The Kier molecular flexibility index (Phi) is 6.94. The van der Waals surface area contributed by atoms with Crippen LogP contribution in [0.2, 0.25) is 0 Å². The van der Waals surface area contributed by atoms with Gasteiger partial charge in [-0.3, -0.25) is 0 Å². The van der Waals surface area contributed by atoms with Crippen LogP contribution in [-0.2, 0) is 19.0 Å². The Bertz CT molecular complexity index is 210. The van der Waals surface area contributed by atoms with Crippen molar-refractivity contribution in [1.82, 2.24) is 0 Å². The van der Waals surface area contributed by atoms with Gasteiger partial charge in [-0.05, 0) is 12.3 Å². The van der Waals surface area contributed by atoms with Crippen molar-refractivity contribution in [3.63, 3.8) is 0 Å². The Morgan fingerprint density at radius 3 is 2.33 bits per heavy atom. The minimum absolute atomic E-state index is 0.00425. The molecule has 0 saturated carbocycles. The van der Waals surface area contributed by atoms with Crippen LogP contribution in [0.3, 0.4) is 0 Å². The summed E-state index contributed by atoms with van der Waals surface area (Å²) in [6, 6.07) is 0. The highest BCUT2D eigenvalue weighted by Crippen LogP contribution is 2.11. The first-order valence-electron chi connectivity index (χ1n) is 4.60. The van der Waals surface area contributed by atoms with Crippen LogP contribution in [-0.4, -0.2) is 38.4 Å². The van der Waals surface area contributed by atoms with Gasteiger partial charge in [-0.2, -0.15) is 0 Å². The molecule has 1 atom stereocenters. The van der Waals surface area contributed by atoms with Gasteiger partial charge in [0.2, 0.25) is 0 Å². The van der Waals surface area contributed by atoms with Crippen molar-refractivity contribution in [2.24, 2.45) is 5.92 Å². The third-order valence-electron chi connectivity index (χ3n) is 1.78. The first-order chi connectivity index (χ1) is 7.04. The first kappa shape index (κ1) is 14.1. The zero-order valence-electron chi connectivity index (χ0n) is 9.36. The fraction of sp³-hybridized carbons (Fsp3) is 0.700. The van der Waals surface area contributed by atoms with Gasteiger partial charge in [0.1, 0.15) is 0 Å². The van der Waals surface area contributed by atoms with E-state index in [0.29, 0.717) is 6.42 Å². The summed E-state index contributed by atoms with van der Waals surface area (Å²) in [5.74, 6) is -0.599. The lowest BCUT2D eigenvalue weighted by Gasteiger charge is -2.15. The average Bonchev–Trinajstić information content (AvgIpc) is 2.24. The number of carbonyl (C=O) groups is 1. The highest BCUT2D eigenvalue weighted by molar-refractivity contribution is 5.87. The lowest BCUT2D eigenvalue weighted by atomic mass is 10.0. The number of hydrogen-bond donors (Lipinski definition) is 1. The molecule has 0 spiro atoms. The summed E-state index contributed by atoms with van der Waals surface area (Å²) < 4.78 is 14.2. The van der Waals surface area contributed by atoms with Gasteiger partial charge in [0, 0.05) is 26.4 Å². The van der Waals surface area contributed by atoms with E-state index >= 15 is 0 Å². The zero-order valence-corrected chi connectivity index (χ0v) is 9.36. The molecule has 0 aromatic rings. The molecule has 0 radical (unpaired) electrons. The van der Waals surface area contributed by atoms with Crippen LogP contribution >= 0.6 is 0 Å². The maximum absolute atomic E-state index is 11.4. The Morgan fingerprint density at radius 2 is 1.93 bits per heavy atom. The molecule has 5 nitrogen and oxygen atoms in total. The highest BCUT2D eigenvalue weighted by Gasteiger charge is 2.16. The highest BCUT2D eigenvalue weighted by atomic mass is 16.8. The summed E-state index contributed by atoms with van der Waals surface area (Å²) in [6.45, 7) is 4.36. The Labute approximate surface area is 89.6 Å². The van der Waals surface area contributed by atoms with Gasteiger partial charge in [0.05, 0.1) is 0 Å². The van der Waals surface area contributed by atoms with Crippen LogP contribution < -0.4 is 0 Å². The van der Waals surface area contributed by atoms with Gasteiger partial charge in [-0.1, -0.05) is 13.5 Å². The number of aliphatic hydroxyl groups is 1. The van der Waals surface area contributed by atoms with Crippen molar-refractivity contribution in [1.29, 1.82) is 0 Å². The fourth-order valence-corrected chi connectivity index (χ4v) is 0.932. The summed E-state index contributed by atoms with van der Waals surface area (Å²) >= 11 is 0. The summed E-state index contributed by atoms with van der Waals surface area (Å²) in [4.78, 5) is 11.4. The molecule has 0 aliphatic rings. The molecule has 0 aromatic heterocycles. The van der Waals surface area contributed by atoms with Crippen LogP contribution in [0, 0.1) is 5.92 Å². The largest absolute Gasteiger partial charge is 0.407 e. The van der Waals surface area contributed by atoms with E-state index in [1.54, 1.807) is 0 Å². The van der Waals surface area contributed by atoms with E-state index in [1.165, 1.54) is 14.2 Å². The molecule has 0 aromatic carbocycles. The van der Waals surface area contributed by atoms with Gasteiger partial charge in [0.15, 0.2) is 0 Å². The maximum Gasteiger partial charge on any atom is 0.337 e. The van der Waals surface area contributed by atoms with Crippen molar-refractivity contribution < 1.29 is 24.1 Å². The molecular formula is C10H18O5. The molecule has 0 rings (SSSR count). The van der Waals surface area contributed by atoms with Crippen molar-refractivity contribution in [2.45, 2.75) is 19.8 Å². The van der Waals surface area contributed by atoms with Gasteiger partial charge in [0.25, 0.3) is 0 Å². The minimum Gasteiger partial charge on any atom is -0.407 e. The Balaban J connectivity index is 4.04. The fourth-order valence-electron chi connectivity index (χ4n) is 0.932. The molecule has 0 bridgehead atoms. The molecule has 88 valence electrons. The first-order valence-corrected chi connectivity index (χ1v) is 4.60. The summed E-state index contributed by atoms with van der Waals surface area (Å²) in [7, 11) is 2.72. The number of esters is 1. The van der Waals surface area contributed by atoms with Crippen LogP contribution in [0.4, 0.5) is 0 Å². The third kappa shape index (κ3) is 5.51. The van der Waals surface area contributed by atoms with E-state index in [1.807, 2.05) is 6.92 Å². The normalized spacial score (nSPS) is 12.6.